The van der Waals surface area contributed by atoms with E-state index in [4.69, 9.17) is 4.74 Å². The first kappa shape index (κ1) is 14.8. The summed E-state index contributed by atoms with van der Waals surface area (Å²) in [7, 11) is 1.83. The molecule has 0 bridgehead atoms. The van der Waals surface area contributed by atoms with E-state index in [0.717, 1.165) is 38.1 Å². The van der Waals surface area contributed by atoms with Gasteiger partial charge in [0.2, 0.25) is 0 Å². The van der Waals surface area contributed by atoms with Crippen LogP contribution in [-0.2, 0) is 4.74 Å². The van der Waals surface area contributed by atoms with Crippen LogP contribution in [0.2, 0.25) is 0 Å². The Hall–Kier alpha value is -1.62. The van der Waals surface area contributed by atoms with Crippen LogP contribution >= 0.6 is 0 Å². The molecule has 110 valence electrons. The van der Waals surface area contributed by atoms with Crippen molar-refractivity contribution < 1.29 is 9.53 Å². The van der Waals surface area contributed by atoms with Crippen LogP contribution in [0.1, 0.15) is 36.5 Å². The van der Waals surface area contributed by atoms with Gasteiger partial charge >= 0.3 is 0 Å². The summed E-state index contributed by atoms with van der Waals surface area (Å²) in [6.45, 7) is 4.38. The van der Waals surface area contributed by atoms with Gasteiger partial charge in [-0.05, 0) is 25.3 Å². The first-order valence-corrected chi connectivity index (χ1v) is 7.27. The van der Waals surface area contributed by atoms with E-state index >= 15 is 0 Å². The number of ether oxygens (including phenoxy) is 1. The van der Waals surface area contributed by atoms with Gasteiger partial charge in [0.15, 0.2) is 0 Å². The number of likely N-dealkylation sites (N-methyl/N-ethyl adjacent to an activating group) is 1. The minimum absolute atomic E-state index is 0.0153. The lowest BCUT2D eigenvalue weighted by Gasteiger charge is -2.22. The zero-order valence-electron chi connectivity index (χ0n) is 12.3. The maximum Gasteiger partial charge on any atom is 0.255 e. The van der Waals surface area contributed by atoms with Crippen molar-refractivity contribution in [2.45, 2.75) is 32.3 Å². The first-order valence-electron chi connectivity index (χ1n) is 7.27. The SMILES string of the molecule is CCCNc1cnccc1C(=O)N(C)CC1CCCO1. The van der Waals surface area contributed by atoms with Gasteiger partial charge in [0.05, 0.1) is 23.6 Å². The van der Waals surface area contributed by atoms with E-state index in [1.165, 1.54) is 0 Å². The Labute approximate surface area is 120 Å². The number of rotatable bonds is 6. The van der Waals surface area contributed by atoms with Crippen LogP contribution in [0, 0.1) is 0 Å². The number of hydrogen-bond donors (Lipinski definition) is 1. The highest BCUT2D eigenvalue weighted by atomic mass is 16.5. The van der Waals surface area contributed by atoms with Gasteiger partial charge in [0.1, 0.15) is 0 Å². The zero-order valence-corrected chi connectivity index (χ0v) is 12.3. The summed E-state index contributed by atoms with van der Waals surface area (Å²) in [5, 5.41) is 3.25. The molecule has 20 heavy (non-hydrogen) atoms. The summed E-state index contributed by atoms with van der Waals surface area (Å²) in [4.78, 5) is 18.3. The van der Waals surface area contributed by atoms with E-state index in [1.807, 2.05) is 7.05 Å². The average Bonchev–Trinajstić information content (AvgIpc) is 2.97. The highest BCUT2D eigenvalue weighted by Crippen LogP contribution is 2.18. The highest BCUT2D eigenvalue weighted by molar-refractivity contribution is 5.99. The van der Waals surface area contributed by atoms with Crippen molar-refractivity contribution >= 4 is 11.6 Å². The predicted octanol–water partition coefficient (Wildman–Crippen LogP) is 2.15. The maximum absolute atomic E-state index is 12.5. The van der Waals surface area contributed by atoms with Crippen LogP contribution in [-0.4, -0.2) is 48.6 Å². The molecule has 1 aromatic heterocycles. The molecule has 5 heteroatoms. The molecule has 2 heterocycles. The number of nitrogens with zero attached hydrogens (tertiary/aromatic N) is 2. The van der Waals surface area contributed by atoms with Crippen molar-refractivity contribution in [3.63, 3.8) is 0 Å². The second-order valence-electron chi connectivity index (χ2n) is 5.17. The van der Waals surface area contributed by atoms with E-state index in [-0.39, 0.29) is 12.0 Å². The lowest BCUT2D eigenvalue weighted by atomic mass is 10.1. The molecule has 5 nitrogen and oxygen atoms in total. The Bertz CT molecular complexity index is 444. The molecule has 0 spiro atoms. The molecule has 1 N–H and O–H groups in total. The molecule has 1 fully saturated rings. The van der Waals surface area contributed by atoms with Gasteiger partial charge in [-0.25, -0.2) is 0 Å². The lowest BCUT2D eigenvalue weighted by molar-refractivity contribution is 0.0587. The van der Waals surface area contributed by atoms with E-state index in [1.54, 1.807) is 23.4 Å². The van der Waals surface area contributed by atoms with Crippen molar-refractivity contribution in [2.75, 3.05) is 32.1 Å². The third-order valence-electron chi connectivity index (χ3n) is 3.47. The fourth-order valence-electron chi connectivity index (χ4n) is 2.36. The third kappa shape index (κ3) is 3.70. The molecule has 1 saturated heterocycles. The van der Waals surface area contributed by atoms with Gasteiger partial charge in [-0.3, -0.25) is 9.78 Å². The second kappa shape index (κ2) is 7.24. The summed E-state index contributed by atoms with van der Waals surface area (Å²) >= 11 is 0. The second-order valence-corrected chi connectivity index (χ2v) is 5.17. The molecular weight excluding hydrogens is 254 g/mol. The number of nitrogens with one attached hydrogen (secondary N) is 1. The van der Waals surface area contributed by atoms with E-state index < -0.39 is 0 Å². The number of carbonyl (C=O) groups is 1. The van der Waals surface area contributed by atoms with Crippen molar-refractivity contribution in [2.24, 2.45) is 0 Å². The van der Waals surface area contributed by atoms with E-state index in [9.17, 15) is 4.79 Å². The van der Waals surface area contributed by atoms with Gasteiger partial charge in [0.25, 0.3) is 5.91 Å². The molecule has 0 aromatic carbocycles. The smallest absolute Gasteiger partial charge is 0.255 e. The van der Waals surface area contributed by atoms with Gasteiger partial charge in [0, 0.05) is 32.9 Å². The summed E-state index contributed by atoms with van der Waals surface area (Å²) in [5.74, 6) is 0.0153. The van der Waals surface area contributed by atoms with Crippen LogP contribution in [0.15, 0.2) is 18.5 Å². The van der Waals surface area contributed by atoms with Crippen LogP contribution < -0.4 is 5.32 Å². The molecule has 1 unspecified atom stereocenters. The van der Waals surface area contributed by atoms with Gasteiger partial charge in [-0.2, -0.15) is 0 Å². The molecule has 1 amide bonds. The highest BCUT2D eigenvalue weighted by Gasteiger charge is 2.22. The van der Waals surface area contributed by atoms with E-state index in [0.29, 0.717) is 12.1 Å². The summed E-state index contributed by atoms with van der Waals surface area (Å²) < 4.78 is 5.58. The Morgan fingerprint density at radius 1 is 1.60 bits per heavy atom. The number of aromatic nitrogens is 1. The molecule has 0 saturated carbocycles. The fraction of sp³-hybridized carbons (Fsp3) is 0.600. The number of carbonyl (C=O) groups excluding carboxylic acids is 1. The van der Waals surface area contributed by atoms with E-state index in [2.05, 4.69) is 17.2 Å². The quantitative estimate of drug-likeness (QED) is 0.865. The average molecular weight is 277 g/mol. The predicted molar refractivity (Wildman–Crippen MR) is 79.0 cm³/mol. The number of anilines is 1. The van der Waals surface area contributed by atoms with Crippen LogP contribution in [0.4, 0.5) is 5.69 Å². The molecule has 2 rings (SSSR count). The Kier molecular flexibility index (Phi) is 5.35. The maximum atomic E-state index is 12.5. The molecular formula is C15H23N3O2. The normalized spacial score (nSPS) is 18.0. The molecule has 0 aliphatic carbocycles. The van der Waals surface area contributed by atoms with Crippen molar-refractivity contribution in [1.82, 2.24) is 9.88 Å². The molecule has 0 radical (unpaired) electrons. The van der Waals surface area contributed by atoms with Crippen LogP contribution in [0.5, 0.6) is 0 Å². The third-order valence-corrected chi connectivity index (χ3v) is 3.47. The monoisotopic (exact) mass is 277 g/mol. The summed E-state index contributed by atoms with van der Waals surface area (Å²) in [6, 6.07) is 1.77. The summed E-state index contributed by atoms with van der Waals surface area (Å²) in [6.07, 6.45) is 6.68. The lowest BCUT2D eigenvalue weighted by Crippen LogP contribution is -2.34. The fourth-order valence-corrected chi connectivity index (χ4v) is 2.36. The van der Waals surface area contributed by atoms with Crippen molar-refractivity contribution in [3.05, 3.63) is 24.0 Å². The first-order chi connectivity index (χ1) is 9.72. The number of hydrogen-bond acceptors (Lipinski definition) is 4. The van der Waals surface area contributed by atoms with Gasteiger partial charge < -0.3 is 15.0 Å². The van der Waals surface area contributed by atoms with Crippen molar-refractivity contribution in [1.29, 1.82) is 0 Å². The van der Waals surface area contributed by atoms with Crippen molar-refractivity contribution in [3.8, 4) is 0 Å². The molecule has 1 atom stereocenters. The van der Waals surface area contributed by atoms with Crippen LogP contribution in [0.25, 0.3) is 0 Å². The summed E-state index contributed by atoms with van der Waals surface area (Å²) in [5.41, 5.74) is 1.48. The Morgan fingerprint density at radius 2 is 2.45 bits per heavy atom. The number of pyridine rings is 1. The zero-order chi connectivity index (χ0) is 14.4. The molecule has 1 aliphatic rings. The molecule has 1 aromatic rings. The van der Waals surface area contributed by atoms with Gasteiger partial charge in [-0.1, -0.05) is 6.92 Å². The van der Waals surface area contributed by atoms with Crippen LogP contribution in [0.3, 0.4) is 0 Å². The standard InChI is InChI=1S/C15H23N3O2/c1-3-7-17-14-10-16-8-6-13(14)15(19)18(2)11-12-5-4-9-20-12/h6,8,10,12,17H,3-5,7,9,11H2,1-2H3. The minimum Gasteiger partial charge on any atom is -0.383 e. The Balaban J connectivity index is 2.03. The topological polar surface area (TPSA) is 54.5 Å². The number of amides is 1. The molecule has 1 aliphatic heterocycles. The minimum atomic E-state index is 0.0153. The van der Waals surface area contributed by atoms with Gasteiger partial charge in [-0.15, -0.1) is 0 Å². The Morgan fingerprint density at radius 3 is 3.15 bits per heavy atom. The largest absolute Gasteiger partial charge is 0.383 e.